The molecule has 0 atom stereocenters. The predicted octanol–water partition coefficient (Wildman–Crippen LogP) is 4.20. The highest BCUT2D eigenvalue weighted by molar-refractivity contribution is 6.31. The minimum atomic E-state index is -0.288. The number of ether oxygens (including phenoxy) is 1. The third kappa shape index (κ3) is 4.30. The van der Waals surface area contributed by atoms with Gasteiger partial charge in [-0.15, -0.1) is 0 Å². The van der Waals surface area contributed by atoms with E-state index in [1.165, 1.54) is 7.11 Å². The van der Waals surface area contributed by atoms with Crippen LogP contribution in [0.25, 0.3) is 0 Å². The summed E-state index contributed by atoms with van der Waals surface area (Å²) < 4.78 is 10.5. The van der Waals surface area contributed by atoms with Crippen molar-refractivity contribution >= 4 is 29.0 Å². The van der Waals surface area contributed by atoms with Gasteiger partial charge in [-0.25, -0.2) is 4.98 Å². The summed E-state index contributed by atoms with van der Waals surface area (Å²) in [4.78, 5) is 16.7. The average molecular weight is 358 g/mol. The first kappa shape index (κ1) is 16.9. The van der Waals surface area contributed by atoms with E-state index in [4.69, 9.17) is 20.8 Å². The van der Waals surface area contributed by atoms with Crippen LogP contribution in [0, 0.1) is 0 Å². The van der Waals surface area contributed by atoms with Crippen molar-refractivity contribution in [2.24, 2.45) is 0 Å². The summed E-state index contributed by atoms with van der Waals surface area (Å²) in [5.41, 5.74) is 0.959. The van der Waals surface area contributed by atoms with Crippen molar-refractivity contribution in [1.29, 1.82) is 0 Å². The number of pyridine rings is 1. The monoisotopic (exact) mass is 357 g/mol. The van der Waals surface area contributed by atoms with Gasteiger partial charge in [-0.1, -0.05) is 11.6 Å². The molecule has 0 spiro atoms. The van der Waals surface area contributed by atoms with E-state index in [-0.39, 0.29) is 5.91 Å². The molecule has 0 unspecified atom stereocenters. The summed E-state index contributed by atoms with van der Waals surface area (Å²) in [6.07, 6.45) is 3.17. The third-order valence-electron chi connectivity index (χ3n) is 3.46. The molecule has 128 valence electrons. The summed E-state index contributed by atoms with van der Waals surface area (Å²) in [5.74, 6) is 1.59. The number of furan rings is 1. The number of nitrogens with zero attached hydrogens (tertiary/aromatic N) is 1. The van der Waals surface area contributed by atoms with Gasteiger partial charge < -0.3 is 19.8 Å². The maximum Gasteiger partial charge on any atom is 0.255 e. The Kier molecular flexibility index (Phi) is 5.20. The molecule has 2 aromatic heterocycles. The molecular weight excluding hydrogens is 342 g/mol. The number of rotatable bonds is 6. The number of nitrogens with one attached hydrogen (secondary N) is 2. The Labute approximate surface area is 149 Å². The number of hydrogen-bond acceptors (Lipinski definition) is 5. The number of anilines is 2. The molecule has 2 N–H and O–H groups in total. The summed E-state index contributed by atoms with van der Waals surface area (Å²) in [5, 5.41) is 6.41. The molecule has 0 aliphatic rings. The number of methoxy groups -OCH3 is 1. The fourth-order valence-corrected chi connectivity index (χ4v) is 2.40. The molecule has 1 aromatic carbocycles. The number of halogens is 1. The van der Waals surface area contributed by atoms with Crippen LogP contribution in [0.5, 0.6) is 5.75 Å². The zero-order chi connectivity index (χ0) is 17.6. The highest BCUT2D eigenvalue weighted by Gasteiger charge is 2.11. The van der Waals surface area contributed by atoms with Gasteiger partial charge in [-0.3, -0.25) is 4.79 Å². The van der Waals surface area contributed by atoms with Gasteiger partial charge in [0.1, 0.15) is 17.3 Å². The fourth-order valence-electron chi connectivity index (χ4n) is 2.23. The van der Waals surface area contributed by atoms with E-state index in [0.717, 1.165) is 5.76 Å². The molecule has 25 heavy (non-hydrogen) atoms. The topological polar surface area (TPSA) is 76.4 Å². The molecule has 0 saturated heterocycles. The molecule has 0 radical (unpaired) electrons. The van der Waals surface area contributed by atoms with Crippen LogP contribution >= 0.6 is 11.6 Å². The molecule has 0 fully saturated rings. The van der Waals surface area contributed by atoms with Gasteiger partial charge in [0.05, 0.1) is 25.6 Å². The van der Waals surface area contributed by atoms with E-state index in [1.807, 2.05) is 12.1 Å². The number of benzene rings is 1. The molecule has 0 aliphatic carbocycles. The smallest absolute Gasteiger partial charge is 0.255 e. The summed E-state index contributed by atoms with van der Waals surface area (Å²) in [6, 6.07) is 12.0. The van der Waals surface area contributed by atoms with Gasteiger partial charge in [0.15, 0.2) is 0 Å². The van der Waals surface area contributed by atoms with Gasteiger partial charge in [-0.2, -0.15) is 0 Å². The van der Waals surface area contributed by atoms with E-state index >= 15 is 0 Å². The van der Waals surface area contributed by atoms with E-state index in [2.05, 4.69) is 15.6 Å². The quantitative estimate of drug-likeness (QED) is 0.691. The normalized spacial score (nSPS) is 10.3. The first-order valence-corrected chi connectivity index (χ1v) is 7.90. The molecule has 2 heterocycles. The zero-order valence-electron chi connectivity index (χ0n) is 13.5. The second-order valence-corrected chi connectivity index (χ2v) is 5.60. The van der Waals surface area contributed by atoms with Gasteiger partial charge in [0, 0.05) is 16.8 Å². The van der Waals surface area contributed by atoms with Crippen molar-refractivity contribution in [3.8, 4) is 5.75 Å². The third-order valence-corrected chi connectivity index (χ3v) is 3.69. The first-order chi connectivity index (χ1) is 12.2. The van der Waals surface area contributed by atoms with Crippen molar-refractivity contribution in [2.75, 3.05) is 17.7 Å². The Hall–Kier alpha value is -2.99. The van der Waals surface area contributed by atoms with Crippen molar-refractivity contribution in [2.45, 2.75) is 6.54 Å². The molecule has 3 rings (SSSR count). The van der Waals surface area contributed by atoms with Crippen LogP contribution in [0.3, 0.4) is 0 Å². The molecule has 6 nitrogen and oxygen atoms in total. The van der Waals surface area contributed by atoms with E-state index in [0.29, 0.717) is 34.4 Å². The Morgan fingerprint density at radius 2 is 2.16 bits per heavy atom. The zero-order valence-corrected chi connectivity index (χ0v) is 14.2. The van der Waals surface area contributed by atoms with Crippen LogP contribution in [0.1, 0.15) is 16.1 Å². The van der Waals surface area contributed by atoms with Crippen LogP contribution in [0.15, 0.2) is 59.3 Å². The van der Waals surface area contributed by atoms with Crippen molar-refractivity contribution in [1.82, 2.24) is 4.98 Å². The molecule has 0 bridgehead atoms. The maximum atomic E-state index is 12.5. The van der Waals surface area contributed by atoms with E-state index in [1.54, 1.807) is 42.8 Å². The SMILES string of the molecule is COc1ccc(Cl)cc1NC(=O)c1ccnc(NCc2ccco2)c1. The lowest BCUT2D eigenvalue weighted by Crippen LogP contribution is -2.13. The molecule has 1 amide bonds. The Bertz CT molecular complexity index is 866. The van der Waals surface area contributed by atoms with Crippen molar-refractivity contribution in [3.05, 3.63) is 71.3 Å². The van der Waals surface area contributed by atoms with Gasteiger partial charge in [0.2, 0.25) is 0 Å². The molecule has 0 aliphatic heterocycles. The number of aromatic nitrogens is 1. The minimum absolute atomic E-state index is 0.288. The lowest BCUT2D eigenvalue weighted by Gasteiger charge is -2.11. The van der Waals surface area contributed by atoms with Crippen LogP contribution in [0.4, 0.5) is 11.5 Å². The van der Waals surface area contributed by atoms with E-state index in [9.17, 15) is 4.79 Å². The second-order valence-electron chi connectivity index (χ2n) is 5.16. The van der Waals surface area contributed by atoms with Crippen molar-refractivity contribution < 1.29 is 13.9 Å². The summed E-state index contributed by atoms with van der Waals surface area (Å²) >= 11 is 5.98. The molecule has 7 heteroatoms. The first-order valence-electron chi connectivity index (χ1n) is 7.53. The Balaban J connectivity index is 1.72. The Morgan fingerprint density at radius 3 is 2.92 bits per heavy atom. The fraction of sp³-hybridized carbons (Fsp3) is 0.111. The summed E-state index contributed by atoms with van der Waals surface area (Å²) in [6.45, 7) is 0.479. The average Bonchev–Trinajstić information content (AvgIpc) is 3.14. The number of carbonyl (C=O) groups excluding carboxylic acids is 1. The van der Waals surface area contributed by atoms with Crippen LogP contribution in [0.2, 0.25) is 5.02 Å². The highest BCUT2D eigenvalue weighted by Crippen LogP contribution is 2.28. The largest absolute Gasteiger partial charge is 0.495 e. The van der Waals surface area contributed by atoms with Gasteiger partial charge in [0.25, 0.3) is 5.91 Å². The minimum Gasteiger partial charge on any atom is -0.495 e. The summed E-state index contributed by atoms with van der Waals surface area (Å²) in [7, 11) is 1.53. The van der Waals surface area contributed by atoms with Crippen LogP contribution in [-0.2, 0) is 6.54 Å². The maximum absolute atomic E-state index is 12.5. The molecular formula is C18H16ClN3O3. The number of hydrogen-bond donors (Lipinski definition) is 2. The molecule has 0 saturated carbocycles. The standard InChI is InChI=1S/C18H16ClN3O3/c1-24-16-5-4-13(19)10-15(16)22-18(23)12-6-7-20-17(9-12)21-11-14-3-2-8-25-14/h2-10H,11H2,1H3,(H,20,21)(H,22,23). The lowest BCUT2D eigenvalue weighted by molar-refractivity contribution is 0.102. The lowest BCUT2D eigenvalue weighted by atomic mass is 10.2. The highest BCUT2D eigenvalue weighted by atomic mass is 35.5. The number of carbonyl (C=O) groups is 1. The second kappa shape index (κ2) is 7.72. The van der Waals surface area contributed by atoms with E-state index < -0.39 is 0 Å². The van der Waals surface area contributed by atoms with Crippen LogP contribution in [-0.4, -0.2) is 18.0 Å². The van der Waals surface area contributed by atoms with Crippen molar-refractivity contribution in [3.63, 3.8) is 0 Å². The molecule has 3 aromatic rings. The van der Waals surface area contributed by atoms with Crippen LogP contribution < -0.4 is 15.4 Å². The number of amides is 1. The van der Waals surface area contributed by atoms with Gasteiger partial charge in [-0.05, 0) is 42.5 Å². The Morgan fingerprint density at radius 1 is 1.28 bits per heavy atom. The predicted molar refractivity (Wildman–Crippen MR) is 96.2 cm³/mol. The van der Waals surface area contributed by atoms with Gasteiger partial charge >= 0.3 is 0 Å².